The third-order valence-electron chi connectivity index (χ3n) is 3.19. The van der Waals surface area contributed by atoms with Crippen LogP contribution in [0.25, 0.3) is 0 Å². The average Bonchev–Trinajstić information content (AvgIpc) is 2.73. The molecule has 0 unspecified atom stereocenters. The summed E-state index contributed by atoms with van der Waals surface area (Å²) in [7, 11) is 0. The molecule has 1 aromatic heterocycles. The highest BCUT2D eigenvalue weighted by Crippen LogP contribution is 2.17. The van der Waals surface area contributed by atoms with Crippen LogP contribution in [-0.4, -0.2) is 64.4 Å². The van der Waals surface area contributed by atoms with Gasteiger partial charge >= 0.3 is 6.18 Å². The number of amides is 1. The zero-order chi connectivity index (χ0) is 14.8. The van der Waals surface area contributed by atoms with Crippen molar-refractivity contribution >= 4 is 5.91 Å². The van der Waals surface area contributed by atoms with Gasteiger partial charge in [-0.25, -0.2) is 0 Å². The lowest BCUT2D eigenvalue weighted by Crippen LogP contribution is -2.51. The standard InChI is InChI=1S/C12H17F3N4O/c1-10-6-16-19(7-10)8-11(20)18-4-2-17(3-5-18)9-12(13,14)15/h6-7H,2-5,8-9H2,1H3. The predicted molar refractivity (Wildman–Crippen MR) is 66.0 cm³/mol. The number of rotatable bonds is 3. The molecule has 2 heterocycles. The molecule has 1 saturated heterocycles. The van der Waals surface area contributed by atoms with Gasteiger partial charge in [0.05, 0.1) is 12.7 Å². The molecule has 0 aliphatic carbocycles. The Bertz CT molecular complexity index is 464. The summed E-state index contributed by atoms with van der Waals surface area (Å²) < 4.78 is 38.3. The number of carbonyl (C=O) groups excluding carboxylic acids is 1. The van der Waals surface area contributed by atoms with Crippen molar-refractivity contribution in [2.75, 3.05) is 32.7 Å². The number of halogens is 3. The van der Waals surface area contributed by atoms with Crippen molar-refractivity contribution in [1.29, 1.82) is 0 Å². The molecule has 8 heteroatoms. The third kappa shape index (κ3) is 4.22. The number of nitrogens with zero attached hydrogens (tertiary/aromatic N) is 4. The van der Waals surface area contributed by atoms with Gasteiger partial charge in [-0.2, -0.15) is 18.3 Å². The van der Waals surface area contributed by atoms with Crippen molar-refractivity contribution in [3.8, 4) is 0 Å². The van der Waals surface area contributed by atoms with Gasteiger partial charge in [0, 0.05) is 32.4 Å². The molecule has 1 aromatic rings. The Hall–Kier alpha value is -1.57. The second kappa shape index (κ2) is 5.82. The smallest absolute Gasteiger partial charge is 0.339 e. The van der Waals surface area contributed by atoms with Gasteiger partial charge in [0.1, 0.15) is 6.54 Å². The lowest BCUT2D eigenvalue weighted by Gasteiger charge is -2.34. The number of hydrogen-bond donors (Lipinski definition) is 0. The first-order chi connectivity index (χ1) is 9.33. The Morgan fingerprint density at radius 3 is 2.45 bits per heavy atom. The van der Waals surface area contributed by atoms with E-state index in [4.69, 9.17) is 0 Å². The van der Waals surface area contributed by atoms with Gasteiger partial charge in [-0.15, -0.1) is 0 Å². The van der Waals surface area contributed by atoms with E-state index in [2.05, 4.69) is 5.10 Å². The Morgan fingerprint density at radius 1 is 1.30 bits per heavy atom. The lowest BCUT2D eigenvalue weighted by molar-refractivity contribution is -0.151. The van der Waals surface area contributed by atoms with Gasteiger partial charge in [-0.3, -0.25) is 14.4 Å². The minimum Gasteiger partial charge on any atom is -0.339 e. The normalized spacial score (nSPS) is 17.5. The number of carbonyl (C=O) groups is 1. The highest BCUT2D eigenvalue weighted by molar-refractivity contribution is 5.76. The van der Waals surface area contributed by atoms with Crippen LogP contribution >= 0.6 is 0 Å². The second-order valence-corrected chi connectivity index (χ2v) is 4.99. The molecule has 0 bridgehead atoms. The molecule has 1 aliphatic heterocycles. The van der Waals surface area contributed by atoms with Crippen molar-refractivity contribution in [2.24, 2.45) is 0 Å². The molecule has 20 heavy (non-hydrogen) atoms. The Balaban J connectivity index is 1.80. The maximum atomic E-state index is 12.3. The van der Waals surface area contributed by atoms with Crippen molar-refractivity contribution in [3.05, 3.63) is 18.0 Å². The Labute approximate surface area is 114 Å². The second-order valence-electron chi connectivity index (χ2n) is 4.99. The van der Waals surface area contributed by atoms with Crippen LogP contribution < -0.4 is 0 Å². The number of hydrogen-bond acceptors (Lipinski definition) is 3. The molecule has 2 rings (SSSR count). The van der Waals surface area contributed by atoms with E-state index < -0.39 is 12.7 Å². The van der Waals surface area contributed by atoms with E-state index in [0.717, 1.165) is 5.56 Å². The fourth-order valence-corrected chi connectivity index (χ4v) is 2.20. The zero-order valence-corrected chi connectivity index (χ0v) is 11.2. The van der Waals surface area contributed by atoms with Crippen LogP contribution in [0.1, 0.15) is 5.56 Å². The fraction of sp³-hybridized carbons (Fsp3) is 0.667. The first kappa shape index (κ1) is 14.8. The van der Waals surface area contributed by atoms with Crippen molar-refractivity contribution in [3.63, 3.8) is 0 Å². The molecule has 1 fully saturated rings. The van der Waals surface area contributed by atoms with Gasteiger partial charge in [0.15, 0.2) is 0 Å². The summed E-state index contributed by atoms with van der Waals surface area (Å²) in [6, 6.07) is 0. The van der Waals surface area contributed by atoms with Crippen LogP contribution in [-0.2, 0) is 11.3 Å². The highest BCUT2D eigenvalue weighted by atomic mass is 19.4. The maximum absolute atomic E-state index is 12.3. The Kier molecular flexibility index (Phi) is 4.32. The number of aromatic nitrogens is 2. The van der Waals surface area contributed by atoms with Crippen LogP contribution in [0.15, 0.2) is 12.4 Å². The summed E-state index contributed by atoms with van der Waals surface area (Å²) in [6.45, 7) is 2.27. The molecule has 1 amide bonds. The summed E-state index contributed by atoms with van der Waals surface area (Å²) >= 11 is 0. The summed E-state index contributed by atoms with van der Waals surface area (Å²) in [5.74, 6) is -0.111. The van der Waals surface area contributed by atoms with E-state index in [9.17, 15) is 18.0 Å². The summed E-state index contributed by atoms with van der Waals surface area (Å²) in [5.41, 5.74) is 0.966. The zero-order valence-electron chi connectivity index (χ0n) is 11.2. The first-order valence-corrected chi connectivity index (χ1v) is 6.39. The summed E-state index contributed by atoms with van der Waals surface area (Å²) in [4.78, 5) is 14.9. The van der Waals surface area contributed by atoms with Crippen LogP contribution in [0.5, 0.6) is 0 Å². The van der Waals surface area contributed by atoms with E-state index in [1.54, 1.807) is 22.0 Å². The van der Waals surface area contributed by atoms with Crippen LogP contribution in [0.3, 0.4) is 0 Å². The molecule has 0 saturated carbocycles. The first-order valence-electron chi connectivity index (χ1n) is 6.39. The fourth-order valence-electron chi connectivity index (χ4n) is 2.20. The third-order valence-corrected chi connectivity index (χ3v) is 3.19. The van der Waals surface area contributed by atoms with Crippen LogP contribution in [0.2, 0.25) is 0 Å². The number of piperazine rings is 1. The number of aryl methyl sites for hydroxylation is 1. The van der Waals surface area contributed by atoms with Crippen molar-refractivity contribution in [1.82, 2.24) is 19.6 Å². The largest absolute Gasteiger partial charge is 0.401 e. The SMILES string of the molecule is Cc1cnn(CC(=O)N2CCN(CC(F)(F)F)CC2)c1. The van der Waals surface area contributed by atoms with Crippen molar-refractivity contribution < 1.29 is 18.0 Å². The molecule has 5 nitrogen and oxygen atoms in total. The van der Waals surface area contributed by atoms with Gasteiger partial charge in [-0.05, 0) is 12.5 Å². The van der Waals surface area contributed by atoms with Gasteiger partial charge in [-0.1, -0.05) is 0 Å². The maximum Gasteiger partial charge on any atom is 0.401 e. The van der Waals surface area contributed by atoms with E-state index >= 15 is 0 Å². The summed E-state index contributed by atoms with van der Waals surface area (Å²) in [6.07, 6.45) is -0.759. The summed E-state index contributed by atoms with van der Waals surface area (Å²) in [5, 5.41) is 4.02. The van der Waals surface area contributed by atoms with E-state index in [1.165, 1.54) is 4.90 Å². The molecule has 0 spiro atoms. The predicted octanol–water partition coefficient (Wildman–Crippen LogP) is 0.898. The van der Waals surface area contributed by atoms with Gasteiger partial charge in [0.25, 0.3) is 0 Å². The van der Waals surface area contributed by atoms with E-state index in [-0.39, 0.29) is 25.5 Å². The van der Waals surface area contributed by atoms with Gasteiger partial charge < -0.3 is 4.90 Å². The van der Waals surface area contributed by atoms with E-state index in [0.29, 0.717) is 13.1 Å². The molecular formula is C12H17F3N4O. The molecule has 0 atom stereocenters. The topological polar surface area (TPSA) is 41.4 Å². The molecule has 0 radical (unpaired) electrons. The molecular weight excluding hydrogens is 273 g/mol. The lowest BCUT2D eigenvalue weighted by atomic mass is 10.3. The minimum absolute atomic E-state index is 0.111. The van der Waals surface area contributed by atoms with Crippen LogP contribution in [0.4, 0.5) is 13.2 Å². The highest BCUT2D eigenvalue weighted by Gasteiger charge is 2.32. The minimum atomic E-state index is -4.18. The molecule has 0 aromatic carbocycles. The Morgan fingerprint density at radius 2 is 1.95 bits per heavy atom. The molecule has 112 valence electrons. The monoisotopic (exact) mass is 290 g/mol. The molecule has 0 N–H and O–H groups in total. The van der Waals surface area contributed by atoms with Crippen LogP contribution in [0, 0.1) is 6.92 Å². The van der Waals surface area contributed by atoms with Crippen molar-refractivity contribution in [2.45, 2.75) is 19.6 Å². The quantitative estimate of drug-likeness (QED) is 0.830. The van der Waals surface area contributed by atoms with E-state index in [1.807, 2.05) is 6.92 Å². The average molecular weight is 290 g/mol. The van der Waals surface area contributed by atoms with Gasteiger partial charge in [0.2, 0.25) is 5.91 Å². The number of alkyl halides is 3. The molecule has 1 aliphatic rings.